The number of ether oxygens (including phenoxy) is 2. The maximum absolute atomic E-state index is 12.5. The lowest BCUT2D eigenvalue weighted by atomic mass is 10.1. The number of nitrogens with two attached hydrogens (primary N) is 2. The highest BCUT2D eigenvalue weighted by Crippen LogP contribution is 2.66. The molecule has 0 bridgehead atoms. The molecule has 1 aliphatic heterocycles. The van der Waals surface area contributed by atoms with E-state index in [9.17, 15) is 28.8 Å². The van der Waals surface area contributed by atoms with Crippen molar-refractivity contribution in [3.05, 3.63) is 12.7 Å². The number of amides is 1. The molecule has 2 aromatic rings. The van der Waals surface area contributed by atoms with Gasteiger partial charge in [-0.2, -0.15) is 4.31 Å². The monoisotopic (exact) mass is 665 g/mol. The fraction of sp³-hybridized carbons (Fsp3) is 0.647. The van der Waals surface area contributed by atoms with Gasteiger partial charge in [0.1, 0.15) is 24.1 Å². The molecular weight excluding hydrogens is 635 g/mol. The second kappa shape index (κ2) is 14.2. The van der Waals surface area contributed by atoms with Crippen LogP contribution in [0.5, 0.6) is 0 Å². The van der Waals surface area contributed by atoms with E-state index >= 15 is 0 Å². The van der Waals surface area contributed by atoms with Crippen LogP contribution in [0.15, 0.2) is 12.7 Å². The number of carbonyl (C=O) groups excluding carboxylic acids is 1. The number of phosphoric acid groups is 2. The number of fused-ring (bicyclic) bond motifs is 1. The van der Waals surface area contributed by atoms with Crippen LogP contribution in [-0.2, 0) is 43.6 Å². The normalized spacial score (nSPS) is 24.1. The number of aliphatic hydroxyl groups excluding tert-OH is 1. The molecule has 20 nitrogen and oxygen atoms in total. The number of aliphatic hydroxyl groups is 1. The first kappa shape index (κ1) is 33.8. The number of aromatic nitrogens is 4. The van der Waals surface area contributed by atoms with Gasteiger partial charge in [0.2, 0.25) is 0 Å². The third kappa shape index (κ3) is 9.94. The molecule has 232 valence electrons. The second-order valence-electron chi connectivity index (χ2n) is 8.52. The smallest absolute Gasteiger partial charge is 0.439 e. The second-order valence-corrected chi connectivity index (χ2v) is 14.4. The van der Waals surface area contributed by atoms with Crippen LogP contribution >= 0.6 is 22.4 Å². The van der Waals surface area contributed by atoms with Gasteiger partial charge in [-0.05, 0) is 31.2 Å². The molecule has 10 N–H and O–H groups in total. The lowest BCUT2D eigenvalue weighted by Crippen LogP contribution is -2.40. The molecule has 3 heterocycles. The van der Waals surface area contributed by atoms with Crippen molar-refractivity contribution in [2.45, 2.75) is 50.2 Å². The van der Waals surface area contributed by atoms with Crippen LogP contribution < -0.4 is 16.8 Å². The third-order valence-corrected chi connectivity index (χ3v) is 9.84. The van der Waals surface area contributed by atoms with Crippen LogP contribution in [0.2, 0.25) is 0 Å². The van der Waals surface area contributed by atoms with Crippen LogP contribution in [0.4, 0.5) is 10.6 Å². The average Bonchev–Trinajstić information content (AvgIpc) is 3.40. The number of rotatable bonds is 15. The fourth-order valence-electron chi connectivity index (χ4n) is 3.71. The van der Waals surface area contributed by atoms with Crippen molar-refractivity contribution in [2.24, 2.45) is 5.73 Å². The maximum atomic E-state index is 12.5. The highest BCUT2D eigenvalue weighted by atomic mass is 32.5. The van der Waals surface area contributed by atoms with E-state index in [2.05, 4.69) is 45.2 Å². The molecule has 0 radical (unpaired) electrons. The summed E-state index contributed by atoms with van der Waals surface area (Å²) >= 11 is 4.03. The largest absolute Gasteiger partial charge is 0.488 e. The van der Waals surface area contributed by atoms with Gasteiger partial charge in [-0.1, -0.05) is 12.8 Å². The molecule has 1 saturated heterocycles. The maximum Gasteiger partial charge on any atom is 0.488 e. The minimum Gasteiger partial charge on any atom is -0.439 e. The van der Waals surface area contributed by atoms with Crippen molar-refractivity contribution in [3.8, 4) is 0 Å². The Labute approximate surface area is 237 Å². The topological polar surface area (TPSA) is 306 Å². The molecule has 6 atom stereocenters. The Morgan fingerprint density at radius 2 is 1.80 bits per heavy atom. The summed E-state index contributed by atoms with van der Waals surface area (Å²) in [7, 11) is -11.0. The van der Waals surface area contributed by atoms with Gasteiger partial charge in [-0.25, -0.2) is 33.2 Å². The summed E-state index contributed by atoms with van der Waals surface area (Å²) < 4.78 is 48.8. The summed E-state index contributed by atoms with van der Waals surface area (Å²) in [6.07, 6.45) is -1.27. The number of imidazole rings is 1. The van der Waals surface area contributed by atoms with Gasteiger partial charge >= 0.3 is 28.5 Å². The Hall–Kier alpha value is -1.67. The quantitative estimate of drug-likeness (QED) is 0.0897. The Kier molecular flexibility index (Phi) is 11.7. The predicted octanol–water partition coefficient (Wildman–Crippen LogP) is -0.260. The van der Waals surface area contributed by atoms with Crippen molar-refractivity contribution in [1.82, 2.24) is 24.8 Å². The van der Waals surface area contributed by atoms with Gasteiger partial charge < -0.3 is 50.9 Å². The molecule has 1 fully saturated rings. The first-order valence-electron chi connectivity index (χ1n) is 11.8. The number of carbonyl (C=O) groups is 1. The molecule has 24 heteroatoms. The zero-order chi connectivity index (χ0) is 30.4. The standard InChI is InChI=1S/C17H30N7O13P3S/c18-5-3-1-2-4-6-20-17(26)35-13-12(25)10(7-33-38(27,28)36-39(29,30)37-40(31,32)41)34-16(13)24-9-23-11-14(19)21-8-22-15(11)24/h8-10,12-13,16,25H,1-7,18H2,(H,20,26)(H,27,28)(H,29,30)(H2,19,21,22)(H2,31,32,41)/t10-,12?,13+,16-/m1/s1. The summed E-state index contributed by atoms with van der Waals surface area (Å²) in [4.78, 5) is 61.8. The number of phosphoric ester groups is 1. The Balaban J connectivity index is 1.74. The number of nitrogens with zero attached hydrogens (tertiary/aromatic N) is 4. The molecule has 41 heavy (non-hydrogen) atoms. The minimum absolute atomic E-state index is 0.0300. The summed E-state index contributed by atoms with van der Waals surface area (Å²) in [6.45, 7) is -4.89. The summed E-state index contributed by atoms with van der Waals surface area (Å²) in [5.41, 5.74) is 11.6. The lowest BCUT2D eigenvalue weighted by Gasteiger charge is -2.22. The molecule has 1 aliphatic rings. The molecule has 0 spiro atoms. The number of hydrogen-bond donors (Lipinski definition) is 8. The number of nitrogens with one attached hydrogen (secondary N) is 1. The molecule has 0 aliphatic carbocycles. The van der Waals surface area contributed by atoms with E-state index in [1.54, 1.807) is 0 Å². The van der Waals surface area contributed by atoms with E-state index in [0.29, 0.717) is 13.0 Å². The minimum atomic E-state index is -5.57. The van der Waals surface area contributed by atoms with Crippen LogP contribution in [-0.4, -0.2) is 88.3 Å². The van der Waals surface area contributed by atoms with Crippen molar-refractivity contribution in [3.63, 3.8) is 0 Å². The highest BCUT2D eigenvalue weighted by molar-refractivity contribution is 8.08. The van der Waals surface area contributed by atoms with Crippen molar-refractivity contribution in [1.29, 1.82) is 0 Å². The van der Waals surface area contributed by atoms with Gasteiger partial charge in [-0.3, -0.25) is 9.09 Å². The fourth-order valence-corrected chi connectivity index (χ4v) is 7.50. The van der Waals surface area contributed by atoms with Crippen LogP contribution in [0.3, 0.4) is 0 Å². The molecule has 0 saturated carbocycles. The van der Waals surface area contributed by atoms with Crippen LogP contribution in [0.25, 0.3) is 11.2 Å². The van der Waals surface area contributed by atoms with Gasteiger partial charge in [0.25, 0.3) is 0 Å². The number of hydrogen-bond acceptors (Lipinski definition) is 15. The molecule has 3 rings (SSSR count). The van der Waals surface area contributed by atoms with E-state index in [4.69, 9.17) is 30.7 Å². The Bertz CT molecular complexity index is 1350. The number of anilines is 1. The number of nitrogen functional groups attached to an aromatic ring is 1. The van der Waals surface area contributed by atoms with E-state index in [0.717, 1.165) is 25.6 Å². The summed E-state index contributed by atoms with van der Waals surface area (Å²) in [6, 6.07) is 0. The molecular formula is C17H30N7O13P3S. The van der Waals surface area contributed by atoms with Crippen molar-refractivity contribution in [2.75, 3.05) is 25.4 Å². The molecule has 3 unspecified atom stereocenters. The molecule has 0 aromatic carbocycles. The van der Waals surface area contributed by atoms with Crippen LogP contribution in [0.1, 0.15) is 31.9 Å². The molecule has 2 aromatic heterocycles. The van der Waals surface area contributed by atoms with E-state index < -0.39 is 59.6 Å². The van der Waals surface area contributed by atoms with Gasteiger partial charge in [-0.15, -0.1) is 0 Å². The van der Waals surface area contributed by atoms with Crippen LogP contribution in [0, 0.1) is 0 Å². The summed E-state index contributed by atoms with van der Waals surface area (Å²) in [5.74, 6) is 0.0300. The van der Waals surface area contributed by atoms with Gasteiger partial charge in [0, 0.05) is 6.54 Å². The van der Waals surface area contributed by atoms with Gasteiger partial charge in [0.15, 0.2) is 23.8 Å². The van der Waals surface area contributed by atoms with Crippen molar-refractivity contribution >= 4 is 57.2 Å². The first-order chi connectivity index (χ1) is 19.1. The first-order valence-corrected chi connectivity index (χ1v) is 17.4. The number of alkyl carbamates (subject to hydrolysis) is 1. The highest BCUT2D eigenvalue weighted by Gasteiger charge is 2.49. The van der Waals surface area contributed by atoms with E-state index in [-0.39, 0.29) is 23.5 Å². The zero-order valence-corrected chi connectivity index (χ0v) is 24.6. The SMILES string of the molecule is NCCCCCCNC(=O)O[C@H]1C(O)[C@@H](COP(=O)(O)OP(=O)(O)OP(O)(O)=S)O[C@H]1n1cnc2c(N)ncnc21. The van der Waals surface area contributed by atoms with Crippen molar-refractivity contribution < 1.29 is 61.2 Å². The lowest BCUT2D eigenvalue weighted by molar-refractivity contribution is -0.0522. The van der Waals surface area contributed by atoms with Gasteiger partial charge in [0.05, 0.1) is 12.9 Å². The summed E-state index contributed by atoms with van der Waals surface area (Å²) in [5, 5.41) is 13.5. The third-order valence-electron chi connectivity index (χ3n) is 5.44. The van der Waals surface area contributed by atoms with E-state index in [1.165, 1.54) is 10.9 Å². The zero-order valence-electron chi connectivity index (χ0n) is 21.1. The Morgan fingerprint density at radius 3 is 2.49 bits per heavy atom. The average molecular weight is 665 g/mol. The number of unbranched alkanes of at least 4 members (excludes halogenated alkanes) is 3. The van der Waals surface area contributed by atoms with E-state index in [1.807, 2.05) is 0 Å². The predicted molar refractivity (Wildman–Crippen MR) is 142 cm³/mol. The Morgan fingerprint density at radius 1 is 1.10 bits per heavy atom. The molecule has 1 amide bonds.